The first kappa shape index (κ1) is 18.3. The molecule has 1 fully saturated rings. The number of benzene rings is 1. The van der Waals surface area contributed by atoms with E-state index in [4.69, 9.17) is 0 Å². The molecule has 1 aliphatic heterocycles. The van der Waals surface area contributed by atoms with Crippen LogP contribution in [0.15, 0.2) is 42.5 Å². The fourth-order valence-electron chi connectivity index (χ4n) is 3.00. The average Bonchev–Trinajstić information content (AvgIpc) is 3.01. The smallest absolute Gasteiger partial charge is 0.274 e. The minimum Gasteiger partial charge on any atom is -0.362 e. The van der Waals surface area contributed by atoms with Crippen LogP contribution in [0.2, 0.25) is 0 Å². The Kier molecular flexibility index (Phi) is 5.22. The van der Waals surface area contributed by atoms with Crippen molar-refractivity contribution in [2.24, 2.45) is 0 Å². The van der Waals surface area contributed by atoms with E-state index in [0.29, 0.717) is 12.2 Å². The normalized spacial score (nSPS) is 19.7. The van der Waals surface area contributed by atoms with Crippen molar-refractivity contribution in [3.63, 3.8) is 0 Å². The van der Waals surface area contributed by atoms with Crippen LogP contribution >= 0.6 is 0 Å². The van der Waals surface area contributed by atoms with Crippen LogP contribution in [-0.4, -0.2) is 54.0 Å². The SMILES string of the molecule is CC(Nc1ccc(C(=O)N(C)C2CCS(=O)(=O)C2)nn1)c1ccccc1. The summed E-state index contributed by atoms with van der Waals surface area (Å²) in [5.41, 5.74) is 1.33. The number of amides is 1. The third kappa shape index (κ3) is 4.19. The lowest BCUT2D eigenvalue weighted by Gasteiger charge is -2.22. The van der Waals surface area contributed by atoms with Gasteiger partial charge in [0, 0.05) is 19.1 Å². The van der Waals surface area contributed by atoms with Gasteiger partial charge in [-0.3, -0.25) is 4.79 Å². The number of aromatic nitrogens is 2. The topological polar surface area (TPSA) is 92.3 Å². The van der Waals surface area contributed by atoms with Gasteiger partial charge in [0.05, 0.1) is 11.5 Å². The van der Waals surface area contributed by atoms with E-state index in [1.165, 1.54) is 4.90 Å². The molecule has 0 spiro atoms. The quantitative estimate of drug-likeness (QED) is 0.859. The highest BCUT2D eigenvalue weighted by Crippen LogP contribution is 2.19. The van der Waals surface area contributed by atoms with Crippen LogP contribution in [0.25, 0.3) is 0 Å². The molecule has 7 nitrogen and oxygen atoms in total. The number of rotatable bonds is 5. The molecule has 1 aromatic heterocycles. The van der Waals surface area contributed by atoms with E-state index in [2.05, 4.69) is 15.5 Å². The van der Waals surface area contributed by atoms with Gasteiger partial charge in [-0.25, -0.2) is 8.42 Å². The van der Waals surface area contributed by atoms with Gasteiger partial charge < -0.3 is 10.2 Å². The van der Waals surface area contributed by atoms with Gasteiger partial charge in [0.25, 0.3) is 5.91 Å². The molecule has 2 heterocycles. The van der Waals surface area contributed by atoms with Crippen molar-refractivity contribution in [3.8, 4) is 0 Å². The Hall–Kier alpha value is -2.48. The fraction of sp³-hybridized carbons (Fsp3) is 0.389. The maximum Gasteiger partial charge on any atom is 0.274 e. The summed E-state index contributed by atoms with van der Waals surface area (Å²) >= 11 is 0. The molecular formula is C18H22N4O3S. The van der Waals surface area contributed by atoms with Crippen LogP contribution in [0.4, 0.5) is 5.82 Å². The van der Waals surface area contributed by atoms with Crippen molar-refractivity contribution in [1.29, 1.82) is 0 Å². The number of nitrogens with zero attached hydrogens (tertiary/aromatic N) is 3. The highest BCUT2D eigenvalue weighted by molar-refractivity contribution is 7.91. The van der Waals surface area contributed by atoms with Gasteiger partial charge in [-0.1, -0.05) is 30.3 Å². The van der Waals surface area contributed by atoms with Crippen molar-refractivity contribution in [2.75, 3.05) is 23.9 Å². The van der Waals surface area contributed by atoms with Crippen LogP contribution in [0.3, 0.4) is 0 Å². The molecule has 1 amide bonds. The number of hydrogen-bond acceptors (Lipinski definition) is 6. The lowest BCUT2D eigenvalue weighted by molar-refractivity contribution is 0.0740. The summed E-state index contributed by atoms with van der Waals surface area (Å²) in [5, 5.41) is 11.3. The summed E-state index contributed by atoms with van der Waals surface area (Å²) in [6, 6.07) is 13.0. The molecule has 0 saturated carbocycles. The van der Waals surface area contributed by atoms with E-state index < -0.39 is 9.84 Å². The summed E-state index contributed by atoms with van der Waals surface area (Å²) in [5.74, 6) is 0.393. The first-order chi connectivity index (χ1) is 12.4. The molecule has 1 N–H and O–H groups in total. The number of sulfone groups is 1. The lowest BCUT2D eigenvalue weighted by atomic mass is 10.1. The van der Waals surface area contributed by atoms with Crippen LogP contribution in [0.5, 0.6) is 0 Å². The number of nitrogens with one attached hydrogen (secondary N) is 1. The predicted octanol–water partition coefficient (Wildman–Crippen LogP) is 1.91. The molecule has 2 aromatic rings. The van der Waals surface area contributed by atoms with Crippen molar-refractivity contribution in [1.82, 2.24) is 15.1 Å². The largest absolute Gasteiger partial charge is 0.362 e. The Morgan fingerprint density at radius 3 is 2.50 bits per heavy atom. The highest BCUT2D eigenvalue weighted by atomic mass is 32.2. The van der Waals surface area contributed by atoms with Gasteiger partial charge in [0.15, 0.2) is 15.5 Å². The van der Waals surface area contributed by atoms with Crippen molar-refractivity contribution in [3.05, 3.63) is 53.7 Å². The van der Waals surface area contributed by atoms with Gasteiger partial charge in [-0.2, -0.15) is 0 Å². The molecular weight excluding hydrogens is 352 g/mol. The zero-order chi connectivity index (χ0) is 18.7. The predicted molar refractivity (Wildman–Crippen MR) is 99.7 cm³/mol. The van der Waals surface area contributed by atoms with Crippen LogP contribution < -0.4 is 5.32 Å². The number of anilines is 1. The summed E-state index contributed by atoms with van der Waals surface area (Å²) < 4.78 is 23.2. The van der Waals surface area contributed by atoms with Crippen molar-refractivity contribution in [2.45, 2.75) is 25.4 Å². The maximum absolute atomic E-state index is 12.5. The Morgan fingerprint density at radius 1 is 1.19 bits per heavy atom. The van der Waals surface area contributed by atoms with Crippen molar-refractivity contribution < 1.29 is 13.2 Å². The molecule has 138 valence electrons. The molecule has 2 unspecified atom stereocenters. The molecule has 1 aliphatic rings. The highest BCUT2D eigenvalue weighted by Gasteiger charge is 2.33. The molecule has 0 aliphatic carbocycles. The van der Waals surface area contributed by atoms with Gasteiger partial charge in [-0.15, -0.1) is 10.2 Å². The zero-order valence-electron chi connectivity index (χ0n) is 14.8. The van der Waals surface area contributed by atoms with Gasteiger partial charge in [-0.05, 0) is 31.0 Å². The summed E-state index contributed by atoms with van der Waals surface area (Å²) in [4.78, 5) is 14.0. The third-order valence-electron chi connectivity index (χ3n) is 4.62. The molecule has 1 aromatic carbocycles. The van der Waals surface area contributed by atoms with E-state index >= 15 is 0 Å². The van der Waals surface area contributed by atoms with E-state index in [9.17, 15) is 13.2 Å². The molecule has 0 radical (unpaired) electrons. The molecule has 2 atom stereocenters. The van der Waals surface area contributed by atoms with E-state index in [1.54, 1.807) is 19.2 Å². The fourth-order valence-corrected chi connectivity index (χ4v) is 4.77. The van der Waals surface area contributed by atoms with E-state index in [1.807, 2.05) is 37.3 Å². The second kappa shape index (κ2) is 7.41. The third-order valence-corrected chi connectivity index (χ3v) is 6.37. The minimum atomic E-state index is -3.04. The second-order valence-corrected chi connectivity index (χ2v) is 8.78. The molecule has 3 rings (SSSR count). The van der Waals surface area contributed by atoms with Crippen LogP contribution in [0.1, 0.15) is 35.4 Å². The monoisotopic (exact) mass is 374 g/mol. The Balaban J connectivity index is 1.64. The van der Waals surface area contributed by atoms with Gasteiger partial charge in [0.1, 0.15) is 5.82 Å². The van der Waals surface area contributed by atoms with Crippen LogP contribution in [0, 0.1) is 0 Å². The summed E-state index contributed by atoms with van der Waals surface area (Å²) in [6.45, 7) is 2.02. The Labute approximate surface area is 153 Å². The number of carbonyl (C=O) groups excluding carboxylic acids is 1. The molecule has 8 heteroatoms. The first-order valence-corrected chi connectivity index (χ1v) is 10.3. The minimum absolute atomic E-state index is 0.0108. The summed E-state index contributed by atoms with van der Waals surface area (Å²) in [6.07, 6.45) is 0.465. The van der Waals surface area contributed by atoms with Gasteiger partial charge >= 0.3 is 0 Å². The summed E-state index contributed by atoms with van der Waals surface area (Å²) in [7, 11) is -1.43. The molecule has 26 heavy (non-hydrogen) atoms. The van der Waals surface area contributed by atoms with E-state index in [-0.39, 0.29) is 35.2 Å². The van der Waals surface area contributed by atoms with E-state index in [0.717, 1.165) is 5.56 Å². The van der Waals surface area contributed by atoms with Gasteiger partial charge in [0.2, 0.25) is 0 Å². The van der Waals surface area contributed by atoms with Crippen LogP contribution in [-0.2, 0) is 9.84 Å². The maximum atomic E-state index is 12.5. The number of carbonyl (C=O) groups is 1. The average molecular weight is 374 g/mol. The Bertz CT molecular complexity index is 869. The standard InChI is InChI=1S/C18H22N4O3S/c1-13(14-6-4-3-5-7-14)19-17-9-8-16(20-21-17)18(23)22(2)15-10-11-26(24,25)12-15/h3-9,13,15H,10-12H2,1-2H3,(H,19,21). The van der Waals surface area contributed by atoms with Crippen molar-refractivity contribution >= 4 is 21.6 Å². The first-order valence-electron chi connectivity index (χ1n) is 8.48. The number of hydrogen-bond donors (Lipinski definition) is 1. The molecule has 1 saturated heterocycles. The lowest BCUT2D eigenvalue weighted by Crippen LogP contribution is -2.38. The second-order valence-electron chi connectivity index (χ2n) is 6.55. The Morgan fingerprint density at radius 2 is 1.92 bits per heavy atom. The zero-order valence-corrected chi connectivity index (χ0v) is 15.6. The molecule has 0 bridgehead atoms.